The molecule has 0 radical (unpaired) electrons. The van der Waals surface area contributed by atoms with Crippen molar-refractivity contribution in [3.63, 3.8) is 0 Å². The predicted molar refractivity (Wildman–Crippen MR) is 474 cm³/mol. The standard InChI is InChI=1S/C34H47NO8.C33H45NO9.C32H43NO10/c1-25-21-34(32(37)39-5,43-31(27(25)3)26(2)23-40-28(4)36)42-20-14-8-13-19-35(22-29-15-9-6-10-16-29)33(38)41-24-30-17-11-7-12-18-30;1-24-20-33(30(36)38-4,43-29(28(24)35)27-23-41-32(2,3)42-27)40-19-13-7-12-18-34(21-25-14-8-5-9-15-25)31(37)39-22-26-16-10-6-11-17-26;1-31(2)41-22-26(42-31)28-27(35)25(34)19-32(43-28,29(36)38-3)40-18-12-6-11-17-33(20-23-13-7-4-8-14-23)30(37)39-21-24-15-9-5-10-16-24/h6-7,9-12,15-18,25-27,31H,8,13-14,19-24H2,1-5H3;5-6,8-11,14-17,24,27-29,35H,7,12-13,18-23H2,1-4H3;4-5,7-10,13-16,25-28,34-35H,6,11-12,17-22H2,1-3H3/t25-,26-,27-,31?,34-;24-,27-,28-,29?,33-;25-,26-,27-,28?,32-/m111/s1. The number of rotatable bonds is 41. The number of esters is 4. The average Bonchev–Trinajstić information content (AvgIpc) is 0.903. The van der Waals surface area contributed by atoms with E-state index in [0.717, 1.165) is 52.6 Å². The third-order valence-electron chi connectivity index (χ3n) is 23.4. The number of benzene rings is 6. The van der Waals surface area contributed by atoms with Gasteiger partial charge in [-0.25, -0.2) is 28.8 Å². The monoisotopic (exact) mass is 1800 g/mol. The van der Waals surface area contributed by atoms with Crippen LogP contribution in [0.2, 0.25) is 0 Å². The smallest absolute Gasteiger partial charge is 0.410 e. The first kappa shape index (κ1) is 103. The molecule has 708 valence electrons. The Morgan fingerprint density at radius 2 is 0.705 bits per heavy atom. The van der Waals surface area contributed by atoms with E-state index in [4.69, 9.17) is 80.5 Å². The third-order valence-corrected chi connectivity index (χ3v) is 23.4. The number of unbranched alkanes of at least 4 members (excludes halogenated alkanes) is 6. The fourth-order valence-corrected chi connectivity index (χ4v) is 16.1. The first-order chi connectivity index (χ1) is 61.9. The molecule has 5 heterocycles. The van der Waals surface area contributed by atoms with Crippen LogP contribution in [0.15, 0.2) is 182 Å². The maximum atomic E-state index is 13.0. The van der Waals surface area contributed by atoms with Crippen LogP contribution in [0, 0.1) is 23.7 Å². The van der Waals surface area contributed by atoms with Crippen LogP contribution in [0.1, 0.15) is 173 Å². The first-order valence-corrected chi connectivity index (χ1v) is 44.9. The molecule has 3 N–H and O–H groups in total. The van der Waals surface area contributed by atoms with Gasteiger partial charge in [0.2, 0.25) is 0 Å². The third kappa shape index (κ3) is 31.9. The van der Waals surface area contributed by atoms with E-state index in [0.29, 0.717) is 90.8 Å². The van der Waals surface area contributed by atoms with Gasteiger partial charge in [-0.15, -0.1) is 0 Å². The quantitative estimate of drug-likeness (QED) is 0.0182. The number of carbonyl (C=O) groups is 7. The van der Waals surface area contributed by atoms with Crippen LogP contribution >= 0.6 is 0 Å². The van der Waals surface area contributed by atoms with Crippen LogP contribution in [0.4, 0.5) is 14.4 Å². The maximum Gasteiger partial charge on any atom is 0.410 e. The zero-order chi connectivity index (χ0) is 93.0. The maximum absolute atomic E-state index is 13.0. The van der Waals surface area contributed by atoms with Crippen LogP contribution in [0.5, 0.6) is 0 Å². The van der Waals surface area contributed by atoms with Crippen molar-refractivity contribution in [3.8, 4) is 0 Å². The summed E-state index contributed by atoms with van der Waals surface area (Å²) in [4.78, 5) is 94.3. The molecule has 30 nitrogen and oxygen atoms in total. The molecule has 0 saturated carbocycles. The molecule has 30 heteroatoms. The molecule has 5 aliphatic rings. The molecule has 15 atom stereocenters. The lowest BCUT2D eigenvalue weighted by molar-refractivity contribution is -0.325. The van der Waals surface area contributed by atoms with Crippen molar-refractivity contribution in [2.75, 3.05) is 80.6 Å². The predicted octanol–water partition coefficient (Wildman–Crippen LogP) is 14.5. The Labute approximate surface area is 758 Å². The van der Waals surface area contributed by atoms with E-state index in [2.05, 4.69) is 13.8 Å². The molecule has 6 aromatic rings. The van der Waals surface area contributed by atoms with Crippen molar-refractivity contribution in [2.24, 2.45) is 23.7 Å². The molecule has 5 aliphatic heterocycles. The minimum Gasteiger partial charge on any atom is -0.465 e. The summed E-state index contributed by atoms with van der Waals surface area (Å²) >= 11 is 0. The molecule has 5 fully saturated rings. The molecule has 5 saturated heterocycles. The molecule has 0 spiro atoms. The molecule has 11 rings (SSSR count). The van der Waals surface area contributed by atoms with E-state index in [1.165, 1.54) is 28.3 Å². The van der Waals surface area contributed by atoms with Crippen molar-refractivity contribution in [2.45, 2.75) is 257 Å². The first-order valence-electron chi connectivity index (χ1n) is 44.9. The van der Waals surface area contributed by atoms with E-state index in [-0.39, 0.29) is 114 Å². The van der Waals surface area contributed by atoms with Gasteiger partial charge in [0.1, 0.15) is 50.3 Å². The highest BCUT2D eigenvalue weighted by atomic mass is 16.8. The summed E-state index contributed by atoms with van der Waals surface area (Å²) < 4.78 is 97.0. The highest BCUT2D eigenvalue weighted by molar-refractivity contribution is 5.79. The van der Waals surface area contributed by atoms with Gasteiger partial charge in [0.25, 0.3) is 17.4 Å². The largest absolute Gasteiger partial charge is 0.465 e. The number of hydrogen-bond donors (Lipinski definition) is 3. The van der Waals surface area contributed by atoms with Crippen LogP contribution < -0.4 is 0 Å². The van der Waals surface area contributed by atoms with Gasteiger partial charge in [-0.3, -0.25) is 4.79 Å². The number of nitrogens with zero attached hydrogens (tertiary/aromatic N) is 3. The van der Waals surface area contributed by atoms with E-state index < -0.39 is 95.7 Å². The molecule has 0 aliphatic carbocycles. The normalized spacial score (nSPS) is 25.1. The van der Waals surface area contributed by atoms with Gasteiger partial charge < -0.3 is 111 Å². The van der Waals surface area contributed by atoms with Crippen molar-refractivity contribution < 1.29 is 129 Å². The van der Waals surface area contributed by atoms with Crippen molar-refractivity contribution in [3.05, 3.63) is 215 Å². The van der Waals surface area contributed by atoms with E-state index in [9.17, 15) is 48.9 Å². The number of amides is 3. The minimum absolute atomic E-state index is 0.117. The summed E-state index contributed by atoms with van der Waals surface area (Å²) in [5, 5.41) is 32.2. The Bertz CT molecular complexity index is 4150. The Morgan fingerprint density at radius 1 is 0.395 bits per heavy atom. The Balaban J connectivity index is 0.000000218. The number of ether oxygens (including phenoxy) is 17. The van der Waals surface area contributed by atoms with Crippen LogP contribution in [0.3, 0.4) is 0 Å². The number of aliphatic hydroxyl groups is 3. The van der Waals surface area contributed by atoms with Gasteiger partial charge in [0.05, 0.1) is 79.3 Å². The molecule has 0 aromatic heterocycles. The van der Waals surface area contributed by atoms with Crippen molar-refractivity contribution >= 4 is 42.2 Å². The summed E-state index contributed by atoms with van der Waals surface area (Å²) in [6.07, 6.45) is -1.78. The van der Waals surface area contributed by atoms with Crippen molar-refractivity contribution in [1.82, 2.24) is 14.7 Å². The second kappa shape index (κ2) is 51.3. The average molecular weight is 1800 g/mol. The topological polar surface area (TPSA) is 347 Å². The van der Waals surface area contributed by atoms with Crippen molar-refractivity contribution in [1.29, 1.82) is 0 Å². The summed E-state index contributed by atoms with van der Waals surface area (Å²) in [5.41, 5.74) is 5.81. The van der Waals surface area contributed by atoms with Crippen LogP contribution in [-0.4, -0.2) is 231 Å². The fraction of sp³-hybridized carbons (Fsp3) is 0.566. The highest BCUT2D eigenvalue weighted by Gasteiger charge is 2.59. The van der Waals surface area contributed by atoms with Gasteiger partial charge in [-0.1, -0.05) is 210 Å². The van der Waals surface area contributed by atoms with Gasteiger partial charge >= 0.3 is 42.2 Å². The second-order valence-corrected chi connectivity index (χ2v) is 34.5. The number of aliphatic hydroxyl groups excluding tert-OH is 3. The molecule has 3 unspecified atom stereocenters. The van der Waals surface area contributed by atoms with E-state index in [1.807, 2.05) is 196 Å². The lowest BCUT2D eigenvalue weighted by atomic mass is 9.78. The second-order valence-electron chi connectivity index (χ2n) is 34.5. The van der Waals surface area contributed by atoms with E-state index >= 15 is 0 Å². The zero-order valence-electron chi connectivity index (χ0n) is 76.8. The molecule has 6 aromatic carbocycles. The molecule has 129 heavy (non-hydrogen) atoms. The zero-order valence-corrected chi connectivity index (χ0v) is 76.8. The number of methoxy groups -OCH3 is 3. The Kier molecular flexibility index (Phi) is 41.1. The highest BCUT2D eigenvalue weighted by Crippen LogP contribution is 2.44. The fourth-order valence-electron chi connectivity index (χ4n) is 16.1. The summed E-state index contributed by atoms with van der Waals surface area (Å²) in [6, 6.07) is 58.1. The Hall–Kier alpha value is -9.51. The minimum atomic E-state index is -1.91. The number of hydrogen-bond acceptors (Lipinski definition) is 27. The molecular formula is C99H135N3O27. The van der Waals surface area contributed by atoms with Crippen LogP contribution in [-0.2, 0) is 139 Å². The summed E-state index contributed by atoms with van der Waals surface area (Å²) in [6.45, 7) is 20.9. The van der Waals surface area contributed by atoms with Gasteiger partial charge in [-0.05, 0) is 137 Å². The lowest BCUT2D eigenvalue weighted by Crippen LogP contribution is -2.63. The summed E-state index contributed by atoms with van der Waals surface area (Å²) in [5.74, 6) is -9.36. The Morgan fingerprint density at radius 3 is 1.02 bits per heavy atom. The van der Waals surface area contributed by atoms with Gasteiger partial charge in [0.15, 0.2) is 11.6 Å². The van der Waals surface area contributed by atoms with Gasteiger partial charge in [-0.2, -0.15) is 0 Å². The number of carbonyl (C=O) groups excluding carboxylic acids is 7. The van der Waals surface area contributed by atoms with Gasteiger partial charge in [0, 0.05) is 71.4 Å². The molecule has 0 bridgehead atoms. The molecular weight excluding hydrogens is 1660 g/mol. The van der Waals surface area contributed by atoms with Crippen LogP contribution in [0.25, 0.3) is 0 Å². The molecule has 3 amide bonds. The summed E-state index contributed by atoms with van der Waals surface area (Å²) in [7, 11) is 3.83. The SMILES string of the molecule is COC(=O)[C@@]1(OCCCCCN(Cc2ccccc2)C(=O)OCc2ccccc2)C[C@@H](C)[C@@H](C)C([C@H](C)COC(C)=O)O1.COC(=O)[C@@]1(OCCCCCN(Cc2ccccc2)C(=O)OCc2ccccc2)C[C@@H](C)[C@@H](O)C([C@H]2COC(C)(C)O2)O1.COC(=O)[C@@]1(OCCCCCN(Cc2ccccc2)C(=O)OCc2ccccc2)C[C@@H](O)[C@@H](O)C([C@H]2COC(C)(C)O2)O1. The van der Waals surface area contributed by atoms with E-state index in [1.54, 1.807) is 42.4 Å². The lowest BCUT2D eigenvalue weighted by Gasteiger charge is -2.46.